The third kappa shape index (κ3) is 2.18. The summed E-state index contributed by atoms with van der Waals surface area (Å²) in [6.45, 7) is 7.60. The fourth-order valence-corrected chi connectivity index (χ4v) is 2.93. The zero-order valence-corrected chi connectivity index (χ0v) is 12.8. The molecule has 4 heteroatoms. The maximum atomic E-state index is 11.8. The van der Waals surface area contributed by atoms with Gasteiger partial charge < -0.3 is 9.84 Å². The van der Waals surface area contributed by atoms with Crippen molar-refractivity contribution in [1.82, 2.24) is 4.90 Å². The van der Waals surface area contributed by atoms with Crippen molar-refractivity contribution in [2.45, 2.75) is 50.9 Å². The molecule has 1 aromatic rings. The van der Waals surface area contributed by atoms with E-state index in [9.17, 15) is 9.90 Å². The number of aliphatic hydroxyl groups is 1. The molecule has 1 amide bonds. The highest BCUT2D eigenvalue weighted by molar-refractivity contribution is 5.71. The Morgan fingerprint density at radius 3 is 2.25 bits per heavy atom. The van der Waals surface area contributed by atoms with Gasteiger partial charge >= 0.3 is 6.09 Å². The zero-order valence-electron chi connectivity index (χ0n) is 12.8. The summed E-state index contributed by atoms with van der Waals surface area (Å²) in [7, 11) is 1.56. The minimum atomic E-state index is -1.32. The predicted molar refractivity (Wildman–Crippen MR) is 77.4 cm³/mol. The monoisotopic (exact) mass is 277 g/mol. The third-order valence-corrected chi connectivity index (χ3v) is 4.58. The average Bonchev–Trinajstić information content (AvgIpc) is 2.50. The highest BCUT2D eigenvalue weighted by atomic mass is 16.6. The molecule has 110 valence electrons. The maximum Gasteiger partial charge on any atom is 0.412 e. The van der Waals surface area contributed by atoms with Gasteiger partial charge in [-0.05, 0) is 24.8 Å². The zero-order chi connectivity index (χ0) is 15.2. The van der Waals surface area contributed by atoms with Gasteiger partial charge in [0.1, 0.15) is 0 Å². The number of carbonyl (C=O) groups is 1. The molecule has 0 spiro atoms. The summed E-state index contributed by atoms with van der Waals surface area (Å²) in [5, 5.41) is 10.6. The van der Waals surface area contributed by atoms with Gasteiger partial charge in [0.25, 0.3) is 0 Å². The number of cyclic esters (lactones) is 1. The van der Waals surface area contributed by atoms with Crippen molar-refractivity contribution >= 4 is 6.09 Å². The lowest BCUT2D eigenvalue weighted by molar-refractivity contribution is -0.140. The smallest absolute Gasteiger partial charge is 0.412 e. The van der Waals surface area contributed by atoms with Crippen LogP contribution < -0.4 is 0 Å². The van der Waals surface area contributed by atoms with Gasteiger partial charge in [0.05, 0.1) is 0 Å². The number of ether oxygens (including phenoxy) is 1. The fourth-order valence-electron chi connectivity index (χ4n) is 2.93. The molecule has 0 bridgehead atoms. The van der Waals surface area contributed by atoms with E-state index in [-0.39, 0.29) is 5.41 Å². The summed E-state index contributed by atoms with van der Waals surface area (Å²) >= 11 is 0. The molecule has 0 radical (unpaired) electrons. The minimum Gasteiger partial charge on any atom is -0.438 e. The fraction of sp³-hybridized carbons (Fsp3) is 0.562. The normalized spacial score (nSPS) is 30.5. The Bertz CT molecular complexity index is 510. The Hall–Kier alpha value is -1.55. The van der Waals surface area contributed by atoms with Crippen molar-refractivity contribution in [3.63, 3.8) is 0 Å². The highest BCUT2D eigenvalue weighted by Crippen LogP contribution is 2.44. The molecule has 1 fully saturated rings. The van der Waals surface area contributed by atoms with Crippen LogP contribution in [0, 0.1) is 0 Å². The van der Waals surface area contributed by atoms with Crippen LogP contribution in [-0.2, 0) is 10.2 Å². The van der Waals surface area contributed by atoms with E-state index in [0.717, 1.165) is 5.56 Å². The molecule has 1 aliphatic rings. The summed E-state index contributed by atoms with van der Waals surface area (Å²) in [5.74, 6) is 0. The van der Waals surface area contributed by atoms with Gasteiger partial charge in [-0.1, -0.05) is 44.2 Å². The summed E-state index contributed by atoms with van der Waals surface area (Å²) in [6.07, 6.45) is 0.0500. The quantitative estimate of drug-likeness (QED) is 0.924. The molecule has 20 heavy (non-hydrogen) atoms. The molecule has 1 saturated heterocycles. The molecule has 1 heterocycles. The second kappa shape index (κ2) is 4.48. The number of benzene rings is 1. The first kappa shape index (κ1) is 14.9. The number of carbonyl (C=O) groups excluding carboxylic acids is 1. The molecule has 0 aromatic heterocycles. The molecule has 1 aliphatic heterocycles. The average molecular weight is 277 g/mol. The predicted octanol–water partition coefficient (Wildman–Crippen LogP) is 2.90. The van der Waals surface area contributed by atoms with E-state index in [4.69, 9.17) is 4.74 Å². The van der Waals surface area contributed by atoms with Crippen molar-refractivity contribution in [2.24, 2.45) is 0 Å². The van der Waals surface area contributed by atoms with E-state index in [2.05, 4.69) is 26.0 Å². The molecule has 0 saturated carbocycles. The lowest BCUT2D eigenvalue weighted by Crippen LogP contribution is -2.55. The van der Waals surface area contributed by atoms with Crippen LogP contribution in [0.3, 0.4) is 0 Å². The first-order chi connectivity index (χ1) is 9.10. The van der Waals surface area contributed by atoms with E-state index in [1.807, 2.05) is 18.2 Å². The van der Waals surface area contributed by atoms with Crippen molar-refractivity contribution in [1.29, 1.82) is 0 Å². The Labute approximate surface area is 120 Å². The first-order valence-electron chi connectivity index (χ1n) is 6.85. The van der Waals surface area contributed by atoms with Crippen LogP contribution in [0.4, 0.5) is 4.79 Å². The van der Waals surface area contributed by atoms with Crippen LogP contribution in [0.5, 0.6) is 0 Å². The Kier molecular flexibility index (Phi) is 3.33. The number of nitrogens with zero attached hydrogens (tertiary/aromatic N) is 1. The van der Waals surface area contributed by atoms with Gasteiger partial charge in [-0.25, -0.2) is 4.79 Å². The Balaban J connectivity index is 2.31. The SMILES string of the molecule is CN1C(=O)O[C@](C)(CC(C)(C)c2ccccc2)[C@]1(C)O. The number of hydrogen-bond donors (Lipinski definition) is 1. The maximum absolute atomic E-state index is 11.8. The van der Waals surface area contributed by atoms with Gasteiger partial charge in [0.15, 0.2) is 11.3 Å². The van der Waals surface area contributed by atoms with Gasteiger partial charge in [-0.2, -0.15) is 0 Å². The van der Waals surface area contributed by atoms with Gasteiger partial charge in [-0.3, -0.25) is 4.90 Å². The van der Waals surface area contributed by atoms with Crippen LogP contribution >= 0.6 is 0 Å². The van der Waals surface area contributed by atoms with E-state index in [1.54, 1.807) is 20.9 Å². The Morgan fingerprint density at radius 1 is 1.25 bits per heavy atom. The van der Waals surface area contributed by atoms with Crippen molar-refractivity contribution in [3.8, 4) is 0 Å². The van der Waals surface area contributed by atoms with Crippen LogP contribution in [0.25, 0.3) is 0 Å². The molecule has 4 nitrogen and oxygen atoms in total. The molecule has 1 N–H and O–H groups in total. The number of hydrogen-bond acceptors (Lipinski definition) is 3. The lowest BCUT2D eigenvalue weighted by Gasteiger charge is -2.41. The van der Waals surface area contributed by atoms with E-state index in [0.29, 0.717) is 6.42 Å². The molecular formula is C16H23NO3. The molecule has 2 rings (SSSR count). The van der Waals surface area contributed by atoms with E-state index >= 15 is 0 Å². The lowest BCUT2D eigenvalue weighted by atomic mass is 9.73. The molecule has 1 aromatic carbocycles. The summed E-state index contributed by atoms with van der Waals surface area (Å²) < 4.78 is 5.47. The molecule has 0 unspecified atom stereocenters. The number of rotatable bonds is 3. The third-order valence-electron chi connectivity index (χ3n) is 4.58. The van der Waals surface area contributed by atoms with E-state index in [1.165, 1.54) is 4.90 Å². The second-order valence-electron chi connectivity index (χ2n) is 6.61. The number of amides is 1. The van der Waals surface area contributed by atoms with Crippen molar-refractivity contribution in [3.05, 3.63) is 35.9 Å². The second-order valence-corrected chi connectivity index (χ2v) is 6.61. The van der Waals surface area contributed by atoms with Gasteiger partial charge in [0.2, 0.25) is 0 Å². The van der Waals surface area contributed by atoms with Crippen molar-refractivity contribution in [2.75, 3.05) is 7.05 Å². The summed E-state index contributed by atoms with van der Waals surface area (Å²) in [5.41, 5.74) is -1.33. The van der Waals surface area contributed by atoms with Crippen LogP contribution in [0.1, 0.15) is 39.7 Å². The van der Waals surface area contributed by atoms with Gasteiger partial charge in [0, 0.05) is 13.5 Å². The summed E-state index contributed by atoms with van der Waals surface area (Å²) in [6, 6.07) is 10.1. The first-order valence-corrected chi connectivity index (χ1v) is 6.85. The number of likely N-dealkylation sites (N-methyl/N-ethyl adjacent to an activating group) is 1. The topological polar surface area (TPSA) is 49.8 Å². The molecular weight excluding hydrogens is 254 g/mol. The van der Waals surface area contributed by atoms with Gasteiger partial charge in [-0.15, -0.1) is 0 Å². The largest absolute Gasteiger partial charge is 0.438 e. The van der Waals surface area contributed by atoms with Crippen LogP contribution in [0.15, 0.2) is 30.3 Å². The van der Waals surface area contributed by atoms with Crippen LogP contribution in [0.2, 0.25) is 0 Å². The molecule has 0 aliphatic carbocycles. The minimum absolute atomic E-state index is 0.217. The molecule has 2 atom stereocenters. The van der Waals surface area contributed by atoms with Crippen molar-refractivity contribution < 1.29 is 14.6 Å². The van der Waals surface area contributed by atoms with Crippen LogP contribution in [-0.4, -0.2) is 34.5 Å². The Morgan fingerprint density at radius 2 is 1.80 bits per heavy atom. The standard InChI is InChI=1S/C16H23NO3/c1-14(2,12-9-7-6-8-10-12)11-15(3)16(4,19)17(5)13(18)20-15/h6-10,19H,11H2,1-5H3/t15-,16+/m1/s1. The highest BCUT2D eigenvalue weighted by Gasteiger charge is 2.59. The summed E-state index contributed by atoms with van der Waals surface area (Å²) in [4.78, 5) is 13.0. The van der Waals surface area contributed by atoms with E-state index < -0.39 is 17.4 Å².